The Balaban J connectivity index is 1.87. The first-order valence-electron chi connectivity index (χ1n) is 6.33. The smallest absolute Gasteiger partial charge is 0.169 e. The van der Waals surface area contributed by atoms with Crippen molar-refractivity contribution >= 4 is 45.9 Å². The largest absolute Gasteiger partial charge is 0.383 e. The molecule has 0 atom stereocenters. The van der Waals surface area contributed by atoms with Crippen molar-refractivity contribution in [2.45, 2.75) is 17.5 Å². The molecule has 110 valence electrons. The highest BCUT2D eigenvalue weighted by atomic mass is 35.5. The molecule has 0 N–H and O–H groups in total. The van der Waals surface area contributed by atoms with Crippen LogP contribution in [0.1, 0.15) is 5.69 Å². The SMILES string of the molecule is COCCn1c(SCc2nnsc2Cl)nc2ccccc21. The number of benzene rings is 1. The lowest BCUT2D eigenvalue weighted by atomic mass is 10.3. The number of methoxy groups -OCH3 is 1. The number of thioether (sulfide) groups is 1. The van der Waals surface area contributed by atoms with Gasteiger partial charge in [0.25, 0.3) is 0 Å². The summed E-state index contributed by atoms with van der Waals surface area (Å²) in [4.78, 5) is 4.68. The molecule has 3 rings (SSSR count). The van der Waals surface area contributed by atoms with E-state index in [4.69, 9.17) is 16.3 Å². The number of para-hydroxylation sites is 2. The molecule has 0 bridgehead atoms. The number of hydrogen-bond acceptors (Lipinski definition) is 6. The van der Waals surface area contributed by atoms with Crippen LogP contribution in [0.5, 0.6) is 0 Å². The maximum absolute atomic E-state index is 6.04. The van der Waals surface area contributed by atoms with Crippen LogP contribution in [0.3, 0.4) is 0 Å². The Labute approximate surface area is 135 Å². The number of fused-ring (bicyclic) bond motifs is 1. The minimum absolute atomic E-state index is 0.641. The highest BCUT2D eigenvalue weighted by molar-refractivity contribution is 7.98. The van der Waals surface area contributed by atoms with Gasteiger partial charge in [-0.2, -0.15) is 0 Å². The minimum atomic E-state index is 0.641. The second-order valence-corrected chi connectivity index (χ2v) is 6.61. The predicted molar refractivity (Wildman–Crippen MR) is 86.1 cm³/mol. The number of imidazole rings is 1. The quantitative estimate of drug-likeness (QED) is 0.643. The lowest BCUT2D eigenvalue weighted by molar-refractivity contribution is 0.186. The van der Waals surface area contributed by atoms with Crippen LogP contribution in [0.4, 0.5) is 0 Å². The summed E-state index contributed by atoms with van der Waals surface area (Å²) in [6.45, 7) is 1.41. The molecule has 0 aliphatic rings. The molecule has 0 amide bonds. The van der Waals surface area contributed by atoms with Crippen LogP contribution >= 0.6 is 34.9 Å². The van der Waals surface area contributed by atoms with Crippen molar-refractivity contribution in [3.63, 3.8) is 0 Å². The minimum Gasteiger partial charge on any atom is -0.383 e. The van der Waals surface area contributed by atoms with Crippen molar-refractivity contribution in [1.82, 2.24) is 19.1 Å². The van der Waals surface area contributed by atoms with E-state index < -0.39 is 0 Å². The van der Waals surface area contributed by atoms with Gasteiger partial charge in [0.15, 0.2) is 5.16 Å². The Morgan fingerprint density at radius 3 is 3.00 bits per heavy atom. The Kier molecular flexibility index (Phi) is 4.74. The second kappa shape index (κ2) is 6.74. The maximum atomic E-state index is 6.04. The van der Waals surface area contributed by atoms with E-state index in [0.717, 1.165) is 28.4 Å². The van der Waals surface area contributed by atoms with Gasteiger partial charge >= 0.3 is 0 Å². The molecule has 2 aromatic heterocycles. The van der Waals surface area contributed by atoms with Crippen molar-refractivity contribution in [1.29, 1.82) is 0 Å². The van der Waals surface area contributed by atoms with Gasteiger partial charge < -0.3 is 9.30 Å². The zero-order chi connectivity index (χ0) is 14.7. The average molecular weight is 341 g/mol. The highest BCUT2D eigenvalue weighted by Gasteiger charge is 2.13. The standard InChI is InChI=1S/C13H13ClN4OS2/c1-19-7-6-18-11-5-3-2-4-9(11)15-13(18)20-8-10-12(14)21-17-16-10/h2-5H,6-8H2,1H3. The summed E-state index contributed by atoms with van der Waals surface area (Å²) in [5.41, 5.74) is 2.90. The summed E-state index contributed by atoms with van der Waals surface area (Å²) in [7, 11) is 1.70. The van der Waals surface area contributed by atoms with Crippen molar-refractivity contribution in [2.75, 3.05) is 13.7 Å². The number of aromatic nitrogens is 4. The zero-order valence-electron chi connectivity index (χ0n) is 11.3. The Bertz CT molecular complexity index is 743. The molecule has 5 nitrogen and oxygen atoms in total. The number of ether oxygens (including phenoxy) is 1. The maximum Gasteiger partial charge on any atom is 0.169 e. The van der Waals surface area contributed by atoms with E-state index in [-0.39, 0.29) is 0 Å². The molecule has 0 aliphatic carbocycles. The number of nitrogens with zero attached hydrogens (tertiary/aromatic N) is 4. The van der Waals surface area contributed by atoms with Crippen molar-refractivity contribution in [3.8, 4) is 0 Å². The summed E-state index contributed by atoms with van der Waals surface area (Å²) in [5, 5.41) is 4.97. The molecule has 8 heteroatoms. The first-order valence-corrected chi connectivity index (χ1v) is 8.47. The lowest BCUT2D eigenvalue weighted by Gasteiger charge is -2.07. The number of rotatable bonds is 6. The van der Waals surface area contributed by atoms with E-state index in [0.29, 0.717) is 16.7 Å². The summed E-state index contributed by atoms with van der Waals surface area (Å²) < 4.78 is 11.8. The average Bonchev–Trinajstić information content (AvgIpc) is 3.06. The fourth-order valence-electron chi connectivity index (χ4n) is 1.98. The normalized spacial score (nSPS) is 11.3. The molecule has 3 aromatic rings. The molecule has 21 heavy (non-hydrogen) atoms. The van der Waals surface area contributed by atoms with Gasteiger partial charge in [-0.3, -0.25) is 0 Å². The molecular formula is C13H13ClN4OS2. The summed E-state index contributed by atoms with van der Waals surface area (Å²) in [6, 6.07) is 8.09. The summed E-state index contributed by atoms with van der Waals surface area (Å²) in [5.74, 6) is 0.658. The van der Waals surface area contributed by atoms with Gasteiger partial charge in [-0.25, -0.2) is 4.98 Å². The van der Waals surface area contributed by atoms with Crippen molar-refractivity contribution in [2.24, 2.45) is 0 Å². The summed E-state index contributed by atoms with van der Waals surface area (Å²) >= 11 is 8.86. The molecule has 0 saturated heterocycles. The first kappa shape index (κ1) is 14.8. The number of halogens is 1. The Hall–Kier alpha value is -1.15. The van der Waals surface area contributed by atoms with Crippen LogP contribution in [0.15, 0.2) is 29.4 Å². The molecule has 0 radical (unpaired) electrons. The van der Waals surface area contributed by atoms with Gasteiger partial charge in [-0.15, -0.1) is 5.10 Å². The van der Waals surface area contributed by atoms with Crippen LogP contribution in [0, 0.1) is 0 Å². The highest BCUT2D eigenvalue weighted by Crippen LogP contribution is 2.29. The Morgan fingerprint density at radius 2 is 2.24 bits per heavy atom. The van der Waals surface area contributed by atoms with E-state index in [1.807, 2.05) is 18.2 Å². The molecule has 0 aliphatic heterocycles. The topological polar surface area (TPSA) is 52.8 Å². The lowest BCUT2D eigenvalue weighted by Crippen LogP contribution is -2.05. The Morgan fingerprint density at radius 1 is 1.38 bits per heavy atom. The number of hydrogen-bond donors (Lipinski definition) is 0. The van der Waals surface area contributed by atoms with Crippen LogP contribution < -0.4 is 0 Å². The molecule has 2 heterocycles. The van der Waals surface area contributed by atoms with Gasteiger partial charge in [-0.05, 0) is 12.1 Å². The second-order valence-electron chi connectivity index (χ2n) is 4.31. The van der Waals surface area contributed by atoms with E-state index in [1.54, 1.807) is 18.9 Å². The molecule has 0 unspecified atom stereocenters. The van der Waals surface area contributed by atoms with E-state index in [9.17, 15) is 0 Å². The van der Waals surface area contributed by atoms with Gasteiger partial charge in [0.05, 0.1) is 17.6 Å². The fraction of sp³-hybridized carbons (Fsp3) is 0.308. The van der Waals surface area contributed by atoms with Crippen molar-refractivity contribution in [3.05, 3.63) is 34.3 Å². The molecule has 0 spiro atoms. The molecule has 1 aromatic carbocycles. The molecule has 0 fully saturated rings. The van der Waals surface area contributed by atoms with Gasteiger partial charge in [-0.1, -0.05) is 40.0 Å². The third-order valence-electron chi connectivity index (χ3n) is 2.99. The fourth-order valence-corrected chi connectivity index (χ4v) is 3.75. The van der Waals surface area contributed by atoms with Gasteiger partial charge in [0, 0.05) is 30.9 Å². The van der Waals surface area contributed by atoms with Gasteiger partial charge in [0.1, 0.15) is 10.0 Å². The van der Waals surface area contributed by atoms with Crippen molar-refractivity contribution < 1.29 is 4.74 Å². The first-order chi connectivity index (χ1) is 10.3. The van der Waals surface area contributed by atoms with Crippen LogP contribution in [-0.4, -0.2) is 32.9 Å². The van der Waals surface area contributed by atoms with Crippen LogP contribution in [-0.2, 0) is 17.0 Å². The molecular weight excluding hydrogens is 328 g/mol. The van der Waals surface area contributed by atoms with E-state index in [2.05, 4.69) is 25.2 Å². The summed E-state index contributed by atoms with van der Waals surface area (Å²) in [6.07, 6.45) is 0. The third kappa shape index (κ3) is 3.21. The zero-order valence-corrected chi connectivity index (χ0v) is 13.7. The third-order valence-corrected chi connectivity index (χ3v) is 4.96. The van der Waals surface area contributed by atoms with Gasteiger partial charge in [0.2, 0.25) is 0 Å². The predicted octanol–water partition coefficient (Wildman–Crippen LogP) is 3.48. The van der Waals surface area contributed by atoms with Crippen LogP contribution in [0.2, 0.25) is 4.34 Å². The van der Waals surface area contributed by atoms with E-state index in [1.165, 1.54) is 11.5 Å². The molecule has 0 saturated carbocycles. The van der Waals surface area contributed by atoms with E-state index >= 15 is 0 Å². The van der Waals surface area contributed by atoms with Crippen LogP contribution in [0.25, 0.3) is 11.0 Å². The monoisotopic (exact) mass is 340 g/mol.